The van der Waals surface area contributed by atoms with Crippen LogP contribution in [0.15, 0.2) is 20.1 Å². The van der Waals surface area contributed by atoms with E-state index in [1.807, 2.05) is 0 Å². The predicted octanol–water partition coefficient (Wildman–Crippen LogP) is 2.21. The van der Waals surface area contributed by atoms with Gasteiger partial charge in [0.15, 0.2) is 0 Å². The van der Waals surface area contributed by atoms with Crippen LogP contribution in [0.5, 0.6) is 0 Å². The van der Waals surface area contributed by atoms with Gasteiger partial charge in [0, 0.05) is 11.0 Å². The molecule has 2 rings (SSSR count). The maximum atomic E-state index is 11.9. The quantitative estimate of drug-likeness (QED) is 0.829. The first-order chi connectivity index (χ1) is 8.09. The fourth-order valence-corrected chi connectivity index (χ4v) is 5.32. The summed E-state index contributed by atoms with van der Waals surface area (Å²) in [4.78, 5) is 0. The van der Waals surface area contributed by atoms with E-state index < -0.39 is 10.0 Å². The number of rotatable bonds is 5. The van der Waals surface area contributed by atoms with Crippen molar-refractivity contribution < 1.29 is 8.42 Å². The smallest absolute Gasteiger partial charge is 0.251 e. The lowest BCUT2D eigenvalue weighted by molar-refractivity contribution is 0.519. The Morgan fingerprint density at radius 3 is 2.89 bits per heavy atom. The van der Waals surface area contributed by atoms with Crippen LogP contribution in [0.25, 0.3) is 0 Å². The van der Waals surface area contributed by atoms with Crippen LogP contribution in [0.3, 0.4) is 0 Å². The van der Waals surface area contributed by atoms with Crippen LogP contribution >= 0.6 is 39.7 Å². The Kier molecular flexibility index (Phi) is 6.57. The summed E-state index contributed by atoms with van der Waals surface area (Å²) in [5.74, 6) is 0.601. The third-order valence-corrected chi connectivity index (χ3v) is 6.97. The summed E-state index contributed by atoms with van der Waals surface area (Å²) in [6.07, 6.45) is 2.04. The van der Waals surface area contributed by atoms with Gasteiger partial charge in [0.2, 0.25) is 0 Å². The van der Waals surface area contributed by atoms with Crippen LogP contribution in [-0.2, 0) is 10.0 Å². The summed E-state index contributed by atoms with van der Waals surface area (Å²) in [7, 11) is -3.34. The Balaban J connectivity index is 0.00000162. The van der Waals surface area contributed by atoms with Crippen molar-refractivity contribution in [3.8, 4) is 0 Å². The second-order valence-electron chi connectivity index (χ2n) is 4.10. The van der Waals surface area contributed by atoms with Gasteiger partial charge >= 0.3 is 0 Å². The van der Waals surface area contributed by atoms with Crippen LogP contribution in [0.1, 0.15) is 12.8 Å². The highest BCUT2D eigenvalue weighted by molar-refractivity contribution is 9.10. The zero-order valence-electron chi connectivity index (χ0n) is 9.69. The molecule has 1 aliphatic heterocycles. The summed E-state index contributed by atoms with van der Waals surface area (Å²) in [6, 6.07) is 1.75. The van der Waals surface area contributed by atoms with E-state index in [0.29, 0.717) is 21.1 Å². The monoisotopic (exact) mass is 374 g/mol. The maximum Gasteiger partial charge on any atom is 0.251 e. The molecule has 0 aliphatic carbocycles. The van der Waals surface area contributed by atoms with E-state index >= 15 is 0 Å². The van der Waals surface area contributed by atoms with Gasteiger partial charge in [-0.25, -0.2) is 13.1 Å². The van der Waals surface area contributed by atoms with Gasteiger partial charge in [-0.2, -0.15) is 0 Å². The van der Waals surface area contributed by atoms with Gasteiger partial charge < -0.3 is 5.32 Å². The summed E-state index contributed by atoms with van der Waals surface area (Å²) in [5.41, 5.74) is 0. The molecule has 0 aromatic carbocycles. The maximum absolute atomic E-state index is 11.9. The Bertz CT molecular complexity index is 472. The molecule has 0 bridgehead atoms. The number of sulfonamides is 1. The second-order valence-corrected chi connectivity index (χ2v) is 7.83. The van der Waals surface area contributed by atoms with E-state index in [9.17, 15) is 8.42 Å². The molecule has 1 aliphatic rings. The predicted molar refractivity (Wildman–Crippen MR) is 80.0 cm³/mol. The Morgan fingerprint density at radius 1 is 1.56 bits per heavy atom. The fourth-order valence-electron chi connectivity index (χ4n) is 1.90. The molecule has 1 aromatic rings. The van der Waals surface area contributed by atoms with Gasteiger partial charge in [-0.3, -0.25) is 0 Å². The molecule has 0 saturated carbocycles. The van der Waals surface area contributed by atoms with Gasteiger partial charge in [0.05, 0.1) is 0 Å². The molecular weight excluding hydrogens is 360 g/mol. The number of hydrogen-bond acceptors (Lipinski definition) is 4. The zero-order chi connectivity index (χ0) is 12.3. The summed E-state index contributed by atoms with van der Waals surface area (Å²) >= 11 is 4.47. The zero-order valence-corrected chi connectivity index (χ0v) is 13.7. The van der Waals surface area contributed by atoms with Crippen LogP contribution < -0.4 is 10.0 Å². The van der Waals surface area contributed by atoms with Crippen molar-refractivity contribution >= 4 is 49.7 Å². The fraction of sp³-hybridized carbons (Fsp3) is 0.600. The molecule has 0 radical (unpaired) electrons. The van der Waals surface area contributed by atoms with Gasteiger partial charge in [-0.15, -0.1) is 23.7 Å². The minimum Gasteiger partial charge on any atom is -0.316 e. The molecule has 1 aromatic heterocycles. The van der Waals surface area contributed by atoms with Gasteiger partial charge in [0.1, 0.15) is 4.21 Å². The highest BCUT2D eigenvalue weighted by atomic mass is 79.9. The van der Waals surface area contributed by atoms with E-state index in [0.717, 1.165) is 25.9 Å². The molecule has 2 heterocycles. The van der Waals surface area contributed by atoms with Crippen LogP contribution in [0.2, 0.25) is 0 Å². The molecule has 1 atom stereocenters. The molecule has 1 saturated heterocycles. The van der Waals surface area contributed by atoms with Crippen molar-refractivity contribution in [2.45, 2.75) is 17.1 Å². The lowest BCUT2D eigenvalue weighted by Crippen LogP contribution is -2.26. The highest BCUT2D eigenvalue weighted by Crippen LogP contribution is 2.27. The van der Waals surface area contributed by atoms with Crippen molar-refractivity contribution in [1.29, 1.82) is 0 Å². The average Bonchev–Trinajstić information content (AvgIpc) is 2.88. The highest BCUT2D eigenvalue weighted by Gasteiger charge is 2.20. The second kappa shape index (κ2) is 7.21. The molecule has 18 heavy (non-hydrogen) atoms. The Morgan fingerprint density at radius 2 is 2.33 bits per heavy atom. The van der Waals surface area contributed by atoms with Gasteiger partial charge in [-0.1, -0.05) is 0 Å². The molecule has 0 spiro atoms. The van der Waals surface area contributed by atoms with E-state index in [2.05, 4.69) is 26.0 Å². The topological polar surface area (TPSA) is 58.2 Å². The standard InChI is InChI=1S/C10H15BrN2O2S2.ClH/c11-9-3-6-16-10(9)17(14,15)13-5-2-8-1-4-12-7-8;/h3,6,8,12-13H,1-2,4-5,7H2;1H. The lowest BCUT2D eigenvalue weighted by Gasteiger charge is -2.09. The normalized spacial score (nSPS) is 19.7. The molecule has 2 N–H and O–H groups in total. The van der Waals surface area contributed by atoms with Gasteiger partial charge in [0.25, 0.3) is 10.0 Å². The molecule has 1 unspecified atom stereocenters. The molecule has 0 amide bonds. The lowest BCUT2D eigenvalue weighted by atomic mass is 10.1. The first-order valence-corrected chi connectivity index (χ1v) is 8.68. The SMILES string of the molecule is Cl.O=S(=O)(NCCC1CCNC1)c1sccc1Br. The first kappa shape index (κ1) is 16.4. The largest absolute Gasteiger partial charge is 0.316 e. The van der Waals surface area contributed by atoms with E-state index in [-0.39, 0.29) is 12.4 Å². The van der Waals surface area contributed by atoms with Crippen LogP contribution in [-0.4, -0.2) is 28.1 Å². The van der Waals surface area contributed by atoms with Crippen LogP contribution in [0, 0.1) is 5.92 Å². The van der Waals surface area contributed by atoms with E-state index in [1.54, 1.807) is 11.4 Å². The minimum atomic E-state index is -3.34. The van der Waals surface area contributed by atoms with Crippen molar-refractivity contribution in [1.82, 2.24) is 10.0 Å². The number of halogens is 2. The molecule has 8 heteroatoms. The van der Waals surface area contributed by atoms with Crippen molar-refractivity contribution in [3.05, 3.63) is 15.9 Å². The van der Waals surface area contributed by atoms with Crippen molar-refractivity contribution in [3.63, 3.8) is 0 Å². The molecular formula is C10H16BrClN2O2S2. The molecule has 104 valence electrons. The van der Waals surface area contributed by atoms with Gasteiger partial charge in [-0.05, 0) is 59.2 Å². The third kappa shape index (κ3) is 4.18. The Labute approximate surface area is 126 Å². The van der Waals surface area contributed by atoms with Crippen molar-refractivity contribution in [2.24, 2.45) is 5.92 Å². The molecule has 1 fully saturated rings. The summed E-state index contributed by atoms with van der Waals surface area (Å²) < 4.78 is 27.5. The minimum absolute atomic E-state index is 0. The number of thiophene rings is 1. The Hall–Kier alpha value is 0.340. The summed E-state index contributed by atoms with van der Waals surface area (Å²) in [5, 5.41) is 5.04. The molecule has 4 nitrogen and oxygen atoms in total. The third-order valence-electron chi connectivity index (χ3n) is 2.84. The number of hydrogen-bond donors (Lipinski definition) is 2. The average molecular weight is 376 g/mol. The summed E-state index contributed by atoms with van der Waals surface area (Å²) in [6.45, 7) is 2.57. The van der Waals surface area contributed by atoms with Crippen molar-refractivity contribution in [2.75, 3.05) is 19.6 Å². The van der Waals surface area contributed by atoms with Crippen LogP contribution in [0.4, 0.5) is 0 Å². The first-order valence-electron chi connectivity index (χ1n) is 5.53. The number of nitrogens with one attached hydrogen (secondary N) is 2. The van der Waals surface area contributed by atoms with E-state index in [1.165, 1.54) is 11.3 Å². The van der Waals surface area contributed by atoms with E-state index in [4.69, 9.17) is 0 Å².